The number of hydrogen-bond donors (Lipinski definition) is 1. The minimum Gasteiger partial charge on any atom is -0.483 e. The molecule has 0 unspecified atom stereocenters. The summed E-state index contributed by atoms with van der Waals surface area (Å²) in [6.07, 6.45) is -4.60. The number of carbonyl (C=O) groups excluding carboxylic acids is 1. The number of amides is 1. The molecule has 172 valence electrons. The first-order valence-electron chi connectivity index (χ1n) is 9.27. The zero-order valence-electron chi connectivity index (χ0n) is 17.0. The molecule has 0 spiro atoms. The number of ether oxygens (including phenoxy) is 1. The van der Waals surface area contributed by atoms with Gasteiger partial charge in [-0.15, -0.1) is 0 Å². The van der Waals surface area contributed by atoms with Crippen molar-refractivity contribution in [2.24, 2.45) is 0 Å². The molecule has 0 aromatic heterocycles. The highest BCUT2D eigenvalue weighted by molar-refractivity contribution is 7.89. The minimum absolute atomic E-state index is 0.0256. The van der Waals surface area contributed by atoms with E-state index < -0.39 is 40.1 Å². The molecule has 0 aliphatic heterocycles. The van der Waals surface area contributed by atoms with Crippen LogP contribution in [0.4, 0.5) is 23.2 Å². The molecular weight excluding hydrogens is 454 g/mol. The van der Waals surface area contributed by atoms with Gasteiger partial charge < -0.3 is 10.1 Å². The topological polar surface area (TPSA) is 99.5 Å². The third kappa shape index (κ3) is 5.95. The number of nitriles is 1. The molecule has 2 rings (SSSR count). The zero-order valence-corrected chi connectivity index (χ0v) is 17.8. The Kier molecular flexibility index (Phi) is 7.82. The van der Waals surface area contributed by atoms with E-state index in [0.29, 0.717) is 0 Å². The second-order valence-corrected chi connectivity index (χ2v) is 8.35. The van der Waals surface area contributed by atoms with Crippen LogP contribution >= 0.6 is 0 Å². The quantitative estimate of drug-likeness (QED) is 0.586. The highest BCUT2D eigenvalue weighted by atomic mass is 32.2. The third-order valence-corrected chi connectivity index (χ3v) is 6.32. The lowest BCUT2D eigenvalue weighted by Crippen LogP contribution is -2.31. The molecule has 0 radical (unpaired) electrons. The third-order valence-electron chi connectivity index (χ3n) is 4.27. The Morgan fingerprint density at radius 3 is 2.38 bits per heavy atom. The van der Waals surface area contributed by atoms with Crippen molar-refractivity contribution in [3.63, 3.8) is 0 Å². The Bertz CT molecular complexity index is 1140. The number of hydrogen-bond acceptors (Lipinski definition) is 5. The first-order chi connectivity index (χ1) is 14.9. The fourth-order valence-corrected chi connectivity index (χ4v) is 4.22. The van der Waals surface area contributed by atoms with Gasteiger partial charge in [-0.3, -0.25) is 4.79 Å². The average molecular weight is 473 g/mol. The first kappa shape index (κ1) is 25.1. The van der Waals surface area contributed by atoms with E-state index in [-0.39, 0.29) is 35.0 Å². The van der Waals surface area contributed by atoms with Gasteiger partial charge in [0.15, 0.2) is 6.61 Å². The molecule has 0 aliphatic rings. The molecule has 0 saturated heterocycles. The standard InChI is InChI=1S/C20H19F4N3O4S/c1-3-27(4-2)32(29,30)15-6-7-17(21)16(10-15)19(28)26-14-5-8-18(13(9-14)11-25)31-12-20(22,23)24/h5-10H,3-4,12H2,1-2H3,(H,26,28). The molecular formula is C20H19F4N3O4S. The second kappa shape index (κ2) is 9.97. The van der Waals surface area contributed by atoms with Gasteiger partial charge in [0.25, 0.3) is 5.91 Å². The van der Waals surface area contributed by atoms with E-state index in [4.69, 9.17) is 5.26 Å². The Labute approximate surface area is 182 Å². The Morgan fingerprint density at radius 1 is 1.16 bits per heavy atom. The smallest absolute Gasteiger partial charge is 0.422 e. The summed E-state index contributed by atoms with van der Waals surface area (Å²) in [5, 5.41) is 11.4. The van der Waals surface area contributed by atoms with Crippen LogP contribution in [0.2, 0.25) is 0 Å². The van der Waals surface area contributed by atoms with Crippen LogP contribution < -0.4 is 10.1 Å². The van der Waals surface area contributed by atoms with E-state index in [2.05, 4.69) is 10.1 Å². The summed E-state index contributed by atoms with van der Waals surface area (Å²) in [5.74, 6) is -2.33. The van der Waals surface area contributed by atoms with E-state index in [1.54, 1.807) is 19.9 Å². The van der Waals surface area contributed by atoms with Crippen LogP contribution in [0.1, 0.15) is 29.8 Å². The molecule has 1 N–H and O–H groups in total. The number of halogens is 4. The van der Waals surface area contributed by atoms with Crippen LogP contribution in [0.5, 0.6) is 5.75 Å². The summed E-state index contributed by atoms with van der Waals surface area (Å²) in [7, 11) is -3.95. The van der Waals surface area contributed by atoms with Gasteiger partial charge in [0.05, 0.1) is 16.0 Å². The van der Waals surface area contributed by atoms with Crippen molar-refractivity contribution < 1.29 is 35.5 Å². The summed E-state index contributed by atoms with van der Waals surface area (Å²) in [6.45, 7) is 2.02. The maximum absolute atomic E-state index is 14.2. The number of anilines is 1. The van der Waals surface area contributed by atoms with Crippen LogP contribution in [-0.2, 0) is 10.0 Å². The fourth-order valence-electron chi connectivity index (χ4n) is 2.73. The number of carbonyl (C=O) groups is 1. The van der Waals surface area contributed by atoms with E-state index in [1.807, 2.05) is 0 Å². The number of rotatable bonds is 8. The zero-order chi connectivity index (χ0) is 24.1. The lowest BCUT2D eigenvalue weighted by atomic mass is 10.1. The number of nitrogens with one attached hydrogen (secondary N) is 1. The largest absolute Gasteiger partial charge is 0.483 e. The van der Waals surface area contributed by atoms with Crippen molar-refractivity contribution >= 4 is 21.6 Å². The molecule has 2 aromatic rings. The number of benzene rings is 2. The van der Waals surface area contributed by atoms with Crippen LogP contribution in [0.25, 0.3) is 0 Å². The van der Waals surface area contributed by atoms with Gasteiger partial charge in [0.2, 0.25) is 10.0 Å². The summed E-state index contributed by atoms with van der Waals surface area (Å²) >= 11 is 0. The molecule has 2 aromatic carbocycles. The van der Waals surface area contributed by atoms with Crippen molar-refractivity contribution in [1.82, 2.24) is 4.31 Å². The molecule has 0 atom stereocenters. The maximum Gasteiger partial charge on any atom is 0.422 e. The Morgan fingerprint density at radius 2 is 1.81 bits per heavy atom. The van der Waals surface area contributed by atoms with E-state index in [0.717, 1.165) is 34.6 Å². The van der Waals surface area contributed by atoms with Gasteiger partial charge >= 0.3 is 6.18 Å². The number of nitrogens with zero attached hydrogens (tertiary/aromatic N) is 2. The van der Waals surface area contributed by atoms with Crippen molar-refractivity contribution in [2.45, 2.75) is 24.9 Å². The molecule has 32 heavy (non-hydrogen) atoms. The van der Waals surface area contributed by atoms with Gasteiger partial charge in [0, 0.05) is 18.8 Å². The monoisotopic (exact) mass is 473 g/mol. The first-order valence-corrected chi connectivity index (χ1v) is 10.7. The van der Waals surface area contributed by atoms with Gasteiger partial charge in [-0.25, -0.2) is 12.8 Å². The Hall–Kier alpha value is -3.17. The van der Waals surface area contributed by atoms with Crippen molar-refractivity contribution in [2.75, 3.05) is 25.0 Å². The van der Waals surface area contributed by atoms with Crippen LogP contribution in [0, 0.1) is 17.1 Å². The van der Waals surface area contributed by atoms with E-state index >= 15 is 0 Å². The summed E-state index contributed by atoms with van der Waals surface area (Å²) in [6, 6.07) is 7.70. The predicted octanol–water partition coefficient (Wildman–Crippen LogP) is 3.92. The normalized spacial score (nSPS) is 11.8. The molecule has 1 amide bonds. The van der Waals surface area contributed by atoms with Gasteiger partial charge in [0.1, 0.15) is 17.6 Å². The van der Waals surface area contributed by atoms with Gasteiger partial charge in [-0.1, -0.05) is 13.8 Å². The highest BCUT2D eigenvalue weighted by Gasteiger charge is 2.29. The van der Waals surface area contributed by atoms with Crippen molar-refractivity contribution in [3.05, 3.63) is 53.3 Å². The lowest BCUT2D eigenvalue weighted by molar-refractivity contribution is -0.153. The van der Waals surface area contributed by atoms with E-state index in [9.17, 15) is 30.8 Å². The van der Waals surface area contributed by atoms with Crippen LogP contribution in [0.3, 0.4) is 0 Å². The van der Waals surface area contributed by atoms with Gasteiger partial charge in [-0.05, 0) is 36.4 Å². The van der Waals surface area contributed by atoms with Crippen molar-refractivity contribution in [1.29, 1.82) is 5.26 Å². The molecule has 0 aliphatic carbocycles. The highest BCUT2D eigenvalue weighted by Crippen LogP contribution is 2.26. The van der Waals surface area contributed by atoms with E-state index in [1.165, 1.54) is 6.07 Å². The maximum atomic E-state index is 14.2. The lowest BCUT2D eigenvalue weighted by Gasteiger charge is -2.19. The SMILES string of the molecule is CCN(CC)S(=O)(=O)c1ccc(F)c(C(=O)Nc2ccc(OCC(F)(F)F)c(C#N)c2)c1. The van der Waals surface area contributed by atoms with Crippen molar-refractivity contribution in [3.8, 4) is 11.8 Å². The summed E-state index contributed by atoms with van der Waals surface area (Å²) in [4.78, 5) is 12.3. The average Bonchev–Trinajstić information content (AvgIpc) is 2.72. The molecule has 0 fully saturated rings. The number of sulfonamides is 1. The molecule has 0 bridgehead atoms. The summed E-state index contributed by atoms with van der Waals surface area (Å²) < 4.78 is 82.2. The number of alkyl halides is 3. The Balaban J connectivity index is 2.30. The molecule has 7 nitrogen and oxygen atoms in total. The fraction of sp³-hybridized carbons (Fsp3) is 0.300. The minimum atomic E-state index is -4.60. The van der Waals surface area contributed by atoms with Crippen LogP contribution in [0.15, 0.2) is 41.3 Å². The van der Waals surface area contributed by atoms with Gasteiger partial charge in [-0.2, -0.15) is 22.7 Å². The summed E-state index contributed by atoms with van der Waals surface area (Å²) in [5.41, 5.74) is -0.873. The second-order valence-electron chi connectivity index (χ2n) is 6.41. The molecule has 12 heteroatoms. The molecule has 0 heterocycles. The predicted molar refractivity (Wildman–Crippen MR) is 107 cm³/mol. The molecule has 0 saturated carbocycles. The van der Waals surface area contributed by atoms with Crippen LogP contribution in [-0.4, -0.2) is 44.5 Å².